The average Bonchev–Trinajstić information content (AvgIpc) is 2.61. The lowest BCUT2D eigenvalue weighted by atomic mass is 10.1. The van der Waals surface area contributed by atoms with Crippen molar-refractivity contribution in [1.29, 1.82) is 0 Å². The molecule has 0 saturated heterocycles. The monoisotopic (exact) mass is 302 g/mol. The van der Waals surface area contributed by atoms with Gasteiger partial charge in [0.2, 0.25) is 5.78 Å². The second kappa shape index (κ2) is 3.71. The van der Waals surface area contributed by atoms with Gasteiger partial charge in [-0.2, -0.15) is 5.10 Å². The van der Waals surface area contributed by atoms with E-state index in [-0.39, 0.29) is 11.6 Å². The maximum atomic E-state index is 12.2. The van der Waals surface area contributed by atoms with E-state index >= 15 is 0 Å². The minimum Gasteiger partial charge on any atom is -0.287 e. The van der Waals surface area contributed by atoms with Crippen molar-refractivity contribution < 1.29 is 4.79 Å². The maximum absolute atomic E-state index is 12.2. The molecule has 1 aliphatic heterocycles. The molecule has 0 radical (unpaired) electrons. The maximum Gasteiger partial charge on any atom is 0.214 e. The van der Waals surface area contributed by atoms with Gasteiger partial charge in [0.05, 0.1) is 0 Å². The smallest absolute Gasteiger partial charge is 0.214 e. The van der Waals surface area contributed by atoms with Gasteiger partial charge in [-0.25, -0.2) is 4.99 Å². The van der Waals surface area contributed by atoms with Crippen molar-refractivity contribution in [2.45, 2.75) is 0 Å². The molecule has 1 aromatic carbocycles. The Balaban J connectivity index is 2.26. The summed E-state index contributed by atoms with van der Waals surface area (Å²) in [7, 11) is 0. The molecule has 0 N–H and O–H groups in total. The molecule has 0 fully saturated rings. The van der Waals surface area contributed by atoms with Crippen molar-refractivity contribution in [3.8, 4) is 0 Å². The number of benzene rings is 1. The zero-order valence-corrected chi connectivity index (χ0v) is 10.8. The quantitative estimate of drug-likeness (QED) is 0.747. The number of Topliss-reactive ketones (excluding diaryl/α,β-unsaturated/α-hetero) is 1. The van der Waals surface area contributed by atoms with Crippen LogP contribution in [0.3, 0.4) is 0 Å². The summed E-state index contributed by atoms with van der Waals surface area (Å²) >= 11 is 3.37. The highest BCUT2D eigenvalue weighted by molar-refractivity contribution is 9.10. The van der Waals surface area contributed by atoms with E-state index in [4.69, 9.17) is 0 Å². The first kappa shape index (κ1) is 11.0. The molecule has 0 atom stereocenters. The minimum absolute atomic E-state index is 0.138. The largest absolute Gasteiger partial charge is 0.287 e. The topological polar surface area (TPSA) is 57.4 Å². The van der Waals surface area contributed by atoms with E-state index in [0.29, 0.717) is 17.0 Å². The van der Waals surface area contributed by atoms with Gasteiger partial charge < -0.3 is 0 Å². The van der Waals surface area contributed by atoms with E-state index in [0.717, 1.165) is 10.0 Å². The number of fused-ring (bicyclic) bond motifs is 3. The summed E-state index contributed by atoms with van der Waals surface area (Å²) in [5.41, 5.74) is 2.16. The van der Waals surface area contributed by atoms with Crippen LogP contribution in [0.25, 0.3) is 0 Å². The lowest BCUT2D eigenvalue weighted by molar-refractivity contribution is 0.106. The molecule has 0 spiro atoms. The van der Waals surface area contributed by atoms with Gasteiger partial charge in [0.15, 0.2) is 5.82 Å². The van der Waals surface area contributed by atoms with Crippen LogP contribution in [0, 0.1) is 0 Å². The Hall–Kier alpha value is -2.08. The SMILES string of the molecule is C=NN1N=C2C(=NC1=C)C(=O)c1ccc(Br)cc12. The van der Waals surface area contributed by atoms with Crippen molar-refractivity contribution >= 4 is 39.9 Å². The van der Waals surface area contributed by atoms with E-state index in [1.54, 1.807) is 6.07 Å². The molecule has 0 saturated carbocycles. The van der Waals surface area contributed by atoms with Crippen molar-refractivity contribution in [2.24, 2.45) is 15.2 Å². The van der Waals surface area contributed by atoms with Crippen molar-refractivity contribution in [3.05, 3.63) is 46.2 Å². The molecule has 6 heteroatoms. The molecule has 0 amide bonds. The number of aliphatic imine (C=N–C) groups is 1. The number of carbonyl (C=O) groups is 1. The van der Waals surface area contributed by atoms with Crippen LogP contribution in [-0.4, -0.2) is 29.0 Å². The van der Waals surface area contributed by atoms with Gasteiger partial charge in [0.25, 0.3) is 0 Å². The van der Waals surface area contributed by atoms with Gasteiger partial charge in [-0.1, -0.05) is 22.5 Å². The third-order valence-electron chi connectivity index (χ3n) is 2.72. The lowest BCUT2D eigenvalue weighted by Crippen LogP contribution is -2.25. The first-order valence-corrected chi connectivity index (χ1v) is 5.89. The zero-order valence-electron chi connectivity index (χ0n) is 9.22. The molecule has 2 aliphatic rings. The lowest BCUT2D eigenvalue weighted by Gasteiger charge is -2.17. The highest BCUT2D eigenvalue weighted by atomic mass is 79.9. The Morgan fingerprint density at radius 1 is 1.28 bits per heavy atom. The normalized spacial score (nSPS) is 17.1. The van der Waals surface area contributed by atoms with Crippen molar-refractivity contribution in [1.82, 2.24) is 5.12 Å². The van der Waals surface area contributed by atoms with E-state index in [1.165, 1.54) is 5.12 Å². The first-order valence-electron chi connectivity index (χ1n) is 5.10. The molecule has 3 rings (SSSR count). The highest BCUT2D eigenvalue weighted by Gasteiger charge is 2.36. The highest BCUT2D eigenvalue weighted by Crippen LogP contribution is 2.28. The Morgan fingerprint density at radius 3 is 2.78 bits per heavy atom. The van der Waals surface area contributed by atoms with E-state index in [9.17, 15) is 4.79 Å². The zero-order chi connectivity index (χ0) is 12.9. The number of hydrogen-bond donors (Lipinski definition) is 0. The number of rotatable bonds is 1. The molecule has 1 heterocycles. The van der Waals surface area contributed by atoms with Crippen LogP contribution in [-0.2, 0) is 0 Å². The number of halogens is 1. The van der Waals surface area contributed by atoms with Crippen LogP contribution in [0.2, 0.25) is 0 Å². The standard InChI is InChI=1S/C12H7BrN4O/c1-6-15-11-10(16-17(6)14-2)9-5-7(13)3-4-8(9)12(11)18/h3-5H,1-2H2. The second-order valence-corrected chi connectivity index (χ2v) is 4.69. The molecular weight excluding hydrogens is 296 g/mol. The fourth-order valence-corrected chi connectivity index (χ4v) is 2.28. The van der Waals surface area contributed by atoms with Crippen molar-refractivity contribution in [2.75, 3.05) is 0 Å². The predicted octanol–water partition coefficient (Wildman–Crippen LogP) is 2.19. The molecule has 0 aromatic heterocycles. The third-order valence-corrected chi connectivity index (χ3v) is 3.21. The van der Waals surface area contributed by atoms with Crippen LogP contribution in [0.4, 0.5) is 0 Å². The average molecular weight is 303 g/mol. The van der Waals surface area contributed by atoms with Crippen LogP contribution < -0.4 is 0 Å². The number of hydrazone groups is 2. The van der Waals surface area contributed by atoms with Gasteiger partial charge in [-0.3, -0.25) is 4.79 Å². The van der Waals surface area contributed by atoms with Crippen molar-refractivity contribution in [3.63, 3.8) is 0 Å². The summed E-state index contributed by atoms with van der Waals surface area (Å²) in [6.07, 6.45) is 0. The summed E-state index contributed by atoms with van der Waals surface area (Å²) in [6.45, 7) is 7.06. The number of nitrogens with zero attached hydrogens (tertiary/aromatic N) is 4. The number of hydrogen-bond acceptors (Lipinski definition) is 5. The van der Waals surface area contributed by atoms with Gasteiger partial charge in [-0.15, -0.1) is 10.2 Å². The molecule has 0 unspecified atom stereocenters. The third kappa shape index (κ3) is 1.39. The van der Waals surface area contributed by atoms with Gasteiger partial charge in [0, 0.05) is 22.3 Å². The summed E-state index contributed by atoms with van der Waals surface area (Å²) in [5, 5.41) is 9.11. The summed E-state index contributed by atoms with van der Waals surface area (Å²) in [6, 6.07) is 5.40. The molecule has 1 aromatic rings. The molecule has 1 aliphatic carbocycles. The molecule has 5 nitrogen and oxygen atoms in total. The molecule has 88 valence electrons. The number of carbonyl (C=O) groups excluding carboxylic acids is 1. The summed E-state index contributed by atoms with van der Waals surface area (Å²) in [5.74, 6) is 0.144. The molecule has 18 heavy (non-hydrogen) atoms. The molecule has 0 bridgehead atoms. The van der Waals surface area contributed by atoms with Crippen LogP contribution in [0.1, 0.15) is 15.9 Å². The Labute approximate surface area is 111 Å². The summed E-state index contributed by atoms with van der Waals surface area (Å²) in [4.78, 5) is 16.3. The second-order valence-electron chi connectivity index (χ2n) is 3.78. The number of ketones is 1. The molecular formula is C12H7BrN4O. The first-order chi connectivity index (χ1) is 8.61. The van der Waals surface area contributed by atoms with Crippen LogP contribution >= 0.6 is 15.9 Å². The van der Waals surface area contributed by atoms with Gasteiger partial charge in [0.1, 0.15) is 11.4 Å². The Bertz CT molecular complexity index is 675. The van der Waals surface area contributed by atoms with E-state index in [1.807, 2.05) is 12.1 Å². The fraction of sp³-hybridized carbons (Fsp3) is 0. The Kier molecular flexibility index (Phi) is 2.27. The van der Waals surface area contributed by atoms with Crippen LogP contribution in [0.5, 0.6) is 0 Å². The van der Waals surface area contributed by atoms with E-state index in [2.05, 4.69) is 44.4 Å². The Morgan fingerprint density at radius 2 is 2.06 bits per heavy atom. The summed E-state index contributed by atoms with van der Waals surface area (Å²) < 4.78 is 0.875. The van der Waals surface area contributed by atoms with E-state index < -0.39 is 0 Å². The predicted molar refractivity (Wildman–Crippen MR) is 73.0 cm³/mol. The van der Waals surface area contributed by atoms with Gasteiger partial charge >= 0.3 is 0 Å². The van der Waals surface area contributed by atoms with Crippen LogP contribution in [0.15, 0.2) is 50.3 Å². The fourth-order valence-electron chi connectivity index (χ4n) is 1.92. The minimum atomic E-state index is -0.138. The van der Waals surface area contributed by atoms with Gasteiger partial charge in [-0.05, 0) is 18.2 Å².